The molecule has 0 radical (unpaired) electrons. The molecular weight excluding hydrogens is 1070 g/mol. The largest absolute Gasteiger partial charge is 0.505 e. The molecule has 0 aromatic heterocycles. The van der Waals surface area contributed by atoms with Crippen LogP contribution in [-0.4, -0.2) is 112 Å². The maximum Gasteiger partial charge on any atom is 0.415 e. The molecule has 4 aromatic rings. The fraction of sp³-hybridized carbons (Fsp3) is 0.250. The lowest BCUT2D eigenvalue weighted by atomic mass is 10.1. The molecule has 70 heavy (non-hydrogen) atoms. The van der Waals surface area contributed by atoms with E-state index in [4.69, 9.17) is 21.3 Å². The smallest absolute Gasteiger partial charge is 0.415 e. The van der Waals surface area contributed by atoms with Gasteiger partial charge in [0.2, 0.25) is 6.04 Å². The normalized spacial score (nSPS) is 13.5. The highest BCUT2D eigenvalue weighted by atomic mass is 32.3. The van der Waals surface area contributed by atoms with E-state index in [2.05, 4.69) is 63.1 Å². The van der Waals surface area contributed by atoms with Crippen LogP contribution in [-0.2, 0) is 95.8 Å². The molecule has 0 spiro atoms. The maximum atomic E-state index is 13.7. The first-order valence-corrected chi connectivity index (χ1v) is 26.9. The van der Waals surface area contributed by atoms with Gasteiger partial charge in [-0.3, -0.25) is 9.59 Å². The molecule has 4 rings (SSSR count). The molecule has 1 atom stereocenters. The molecule has 0 saturated heterocycles. The number of fused-ring (bicyclic) bond motifs is 1. The summed E-state index contributed by atoms with van der Waals surface area (Å²) in [5, 5.41) is 27.2. The zero-order valence-corrected chi connectivity index (χ0v) is 40.5. The van der Waals surface area contributed by atoms with E-state index in [0.29, 0.717) is 6.07 Å². The number of benzene rings is 4. The Kier molecular flexibility index (Phi) is 18.3. The van der Waals surface area contributed by atoms with E-state index in [-0.39, 0.29) is 11.5 Å². The van der Waals surface area contributed by atoms with Gasteiger partial charge in [0.05, 0.1) is 54.4 Å². The van der Waals surface area contributed by atoms with Gasteiger partial charge in [0.15, 0.2) is 31.2 Å². The Labute approximate surface area is 397 Å². The third-order valence-corrected chi connectivity index (χ3v) is 15.8. The number of nitrogens with two attached hydrogens (primary N) is 4. The molecule has 1 amide bonds. The molecule has 0 fully saturated rings. The Hall–Kier alpha value is -5.82. The van der Waals surface area contributed by atoms with Gasteiger partial charge in [0.1, 0.15) is 38.4 Å². The second-order valence-electron chi connectivity index (χ2n) is 13.1. The third-order valence-electron chi connectivity index (χ3n) is 8.80. The van der Waals surface area contributed by atoms with Crippen molar-refractivity contribution >= 4 is 106 Å². The molecule has 0 saturated carbocycles. The highest BCUT2D eigenvalue weighted by molar-refractivity contribution is 7.92. The summed E-state index contributed by atoms with van der Waals surface area (Å²) in [7, 11) is -26.5. The summed E-state index contributed by atoms with van der Waals surface area (Å²) in [4.78, 5) is 23.0. The predicted octanol–water partition coefficient (Wildman–Crippen LogP) is -0.333. The Balaban J connectivity index is 1.83. The first-order chi connectivity index (χ1) is 32.5. The first-order valence-electron chi connectivity index (χ1n) is 18.1. The van der Waals surface area contributed by atoms with E-state index in [0.717, 1.165) is 69.7 Å². The van der Waals surface area contributed by atoms with Crippen LogP contribution in [0.15, 0.2) is 94.6 Å². The predicted molar refractivity (Wildman–Crippen MR) is 233 cm³/mol. The SMILES string of the molecule is COc1ccc(S(=O)(=O)CCOS(=O)(=O)ON)cc1N=Nc1c(S(=O)(=O)ON)cc2c(S(=O)(=O)ON)c(NC(=O)C(N=Nc3cc(S(=O)(=O)CCOS(=O)(=O)ON)ccc3OC)C(C)=O)ccc2c1O. The van der Waals surface area contributed by atoms with E-state index in [1.165, 1.54) is 0 Å². The van der Waals surface area contributed by atoms with Gasteiger partial charge in [0, 0.05) is 10.8 Å². The Morgan fingerprint density at radius 2 is 1.11 bits per heavy atom. The number of nitrogens with one attached hydrogen (secondary N) is 1. The highest BCUT2D eigenvalue weighted by Crippen LogP contribution is 2.46. The van der Waals surface area contributed by atoms with Gasteiger partial charge in [-0.05, 0) is 61.5 Å². The van der Waals surface area contributed by atoms with E-state index >= 15 is 0 Å². The number of sulfone groups is 2. The minimum Gasteiger partial charge on any atom is -0.505 e. The lowest BCUT2D eigenvalue weighted by Crippen LogP contribution is -2.32. The zero-order chi connectivity index (χ0) is 52.6. The molecule has 38 heteroatoms. The van der Waals surface area contributed by atoms with Crippen molar-refractivity contribution < 1.29 is 100 Å². The maximum absolute atomic E-state index is 13.7. The second-order valence-corrected chi connectivity index (χ2v) is 22.8. The topological polar surface area (TPSA) is 499 Å². The van der Waals surface area contributed by atoms with Crippen molar-refractivity contribution in [3.63, 3.8) is 0 Å². The Morgan fingerprint density at radius 1 is 0.629 bits per heavy atom. The first kappa shape index (κ1) is 56.8. The zero-order valence-electron chi connectivity index (χ0n) is 35.6. The van der Waals surface area contributed by atoms with Crippen LogP contribution in [0.3, 0.4) is 0 Å². The number of phenolic OH excluding ortho intramolecular Hbond substituents is 1. The molecule has 1 unspecified atom stereocenters. The van der Waals surface area contributed by atoms with Crippen molar-refractivity contribution in [3.8, 4) is 17.2 Å². The summed E-state index contributed by atoms with van der Waals surface area (Å²) >= 11 is 0. The van der Waals surface area contributed by atoms with Crippen LogP contribution in [0.4, 0.5) is 22.7 Å². The summed E-state index contributed by atoms with van der Waals surface area (Å²) in [6, 6.07) is 6.00. The van der Waals surface area contributed by atoms with E-state index in [1.807, 2.05) is 0 Å². The number of carbonyl (C=O) groups is 2. The van der Waals surface area contributed by atoms with Crippen molar-refractivity contribution in [2.24, 2.45) is 44.0 Å². The molecule has 4 aromatic carbocycles. The number of anilines is 1. The monoisotopic (exact) mass is 1110 g/mol. The molecule has 384 valence electrons. The number of azo groups is 2. The molecular formula is C32H37N9O23S6. The number of methoxy groups -OCH3 is 2. The number of ether oxygens (including phenoxy) is 2. The van der Waals surface area contributed by atoms with Crippen LogP contribution in [0.2, 0.25) is 0 Å². The highest BCUT2D eigenvalue weighted by Gasteiger charge is 2.33. The van der Waals surface area contributed by atoms with Gasteiger partial charge in [0.25, 0.3) is 5.91 Å². The molecule has 10 N–H and O–H groups in total. The summed E-state index contributed by atoms with van der Waals surface area (Å²) in [5.74, 6) is 13.3. The number of aromatic hydroxyl groups is 1. The van der Waals surface area contributed by atoms with Crippen LogP contribution in [0.25, 0.3) is 10.8 Å². The molecule has 32 nitrogen and oxygen atoms in total. The lowest BCUT2D eigenvalue weighted by Gasteiger charge is -2.17. The quantitative estimate of drug-likeness (QED) is 0.0281. The van der Waals surface area contributed by atoms with Crippen molar-refractivity contribution in [2.75, 3.05) is 44.3 Å². The van der Waals surface area contributed by atoms with Crippen LogP contribution in [0.1, 0.15) is 6.92 Å². The third kappa shape index (κ3) is 13.5. The second kappa shape index (κ2) is 22.5. The summed E-state index contributed by atoms with van der Waals surface area (Å²) in [6.07, 6.45) is 0. The number of carbonyl (C=O) groups excluding carboxylic acids is 2. The summed E-state index contributed by atoms with van der Waals surface area (Å²) in [5.41, 5.74) is -2.67. The summed E-state index contributed by atoms with van der Waals surface area (Å²) < 4.78 is 185. The van der Waals surface area contributed by atoms with Crippen molar-refractivity contribution in [2.45, 2.75) is 32.5 Å². The van der Waals surface area contributed by atoms with Gasteiger partial charge < -0.3 is 19.9 Å². The number of hydrogen-bond donors (Lipinski definition) is 6. The fourth-order valence-corrected chi connectivity index (χ4v) is 10.3. The average molecular weight is 1110 g/mol. The fourth-order valence-electron chi connectivity index (χ4n) is 5.56. The molecule has 0 aliphatic heterocycles. The summed E-state index contributed by atoms with van der Waals surface area (Å²) in [6.45, 7) is -1.03. The number of phenols is 1. The lowest BCUT2D eigenvalue weighted by molar-refractivity contribution is -0.126. The van der Waals surface area contributed by atoms with Crippen molar-refractivity contribution in [3.05, 3.63) is 54.6 Å². The molecule has 0 aliphatic carbocycles. The molecule has 0 bridgehead atoms. The Bertz CT molecular complexity index is 3450. The molecule has 0 heterocycles. The van der Waals surface area contributed by atoms with Crippen molar-refractivity contribution in [1.29, 1.82) is 0 Å². The molecule has 0 aliphatic rings. The van der Waals surface area contributed by atoms with Crippen LogP contribution < -0.4 is 38.4 Å². The number of hydrogen-bond acceptors (Lipinski definition) is 31. The van der Waals surface area contributed by atoms with Crippen molar-refractivity contribution in [1.82, 2.24) is 0 Å². The standard InChI is InChI=1S/C32H37N9O23S6/c1-17(42)28(40-38-23-14-18(4-8-25(23)57-2)65(45,46)12-10-59-69(53,54)63-35)32(44)37-22-7-6-20-21(31(22)68(51,52)62-34)16-27(67(49,50)61-33)29(30(20)43)41-39-24-15-19(5-9-26(24)58-3)66(47,48)13-11-60-70(55,56)64-36/h4-9,14-16,28,43H,10-13,33-36H2,1-3H3,(H,37,44). The minimum atomic E-state index is -5.31. The van der Waals surface area contributed by atoms with E-state index in [9.17, 15) is 65.2 Å². The van der Waals surface area contributed by atoms with Crippen LogP contribution in [0.5, 0.6) is 17.2 Å². The van der Waals surface area contributed by atoms with Crippen LogP contribution >= 0.6 is 0 Å². The van der Waals surface area contributed by atoms with Gasteiger partial charge in [-0.2, -0.15) is 84.6 Å². The van der Waals surface area contributed by atoms with Gasteiger partial charge >= 0.3 is 41.0 Å². The number of nitrogens with zero attached hydrogens (tertiary/aromatic N) is 4. The average Bonchev–Trinajstić information content (AvgIpc) is 3.30. The number of ketones is 1. The number of Topliss-reactive ketones (excluding diaryl/α,β-unsaturated/α-hetero) is 1. The Morgan fingerprint density at radius 3 is 1.56 bits per heavy atom. The van der Waals surface area contributed by atoms with Crippen LogP contribution in [0, 0.1) is 0 Å². The minimum absolute atomic E-state index is 0.159. The van der Waals surface area contributed by atoms with Gasteiger partial charge in [-0.15, -0.1) is 10.2 Å². The van der Waals surface area contributed by atoms with E-state index < -0.39 is 162 Å². The van der Waals surface area contributed by atoms with Gasteiger partial charge in [-0.25, -0.2) is 25.2 Å². The number of rotatable bonds is 25. The number of amides is 1. The van der Waals surface area contributed by atoms with E-state index in [1.54, 1.807) is 0 Å². The van der Waals surface area contributed by atoms with Gasteiger partial charge in [-0.1, -0.05) is 0 Å².